The van der Waals surface area contributed by atoms with E-state index in [0.717, 1.165) is 0 Å². The van der Waals surface area contributed by atoms with Crippen molar-refractivity contribution in [2.75, 3.05) is 18.4 Å². The Morgan fingerprint density at radius 2 is 1.68 bits per heavy atom. The van der Waals surface area contributed by atoms with Gasteiger partial charge in [-0.3, -0.25) is 9.35 Å². The molecule has 0 bridgehead atoms. The summed E-state index contributed by atoms with van der Waals surface area (Å²) in [6, 6.07) is 8.21. The van der Waals surface area contributed by atoms with Crippen LogP contribution < -0.4 is 16.0 Å². The number of carbonyl (C=O) groups is 3. The summed E-state index contributed by atoms with van der Waals surface area (Å²) in [4.78, 5) is 35.0. The van der Waals surface area contributed by atoms with Crippen LogP contribution in [-0.4, -0.2) is 60.8 Å². The highest BCUT2D eigenvalue weighted by atomic mass is 32.2. The van der Waals surface area contributed by atoms with E-state index in [2.05, 4.69) is 16.0 Å². The molecule has 0 aliphatic rings. The summed E-state index contributed by atoms with van der Waals surface area (Å²) in [5.41, 5.74) is -0.167. The van der Waals surface area contributed by atoms with Gasteiger partial charge in [0.2, 0.25) is 5.91 Å². The molecule has 5 N–H and O–H groups in total. The number of hydrogen-bond donors (Lipinski definition) is 5. The minimum Gasteiger partial charge on any atom is -0.480 e. The monoisotopic (exact) mass is 495 g/mol. The predicted molar refractivity (Wildman–Crippen MR) is 125 cm³/mol. The van der Waals surface area contributed by atoms with Crippen molar-refractivity contribution >= 4 is 44.5 Å². The highest BCUT2D eigenvalue weighted by molar-refractivity contribution is 7.86. The molecule has 11 nitrogen and oxygen atoms in total. The molecule has 0 saturated heterocycles. The second-order valence-corrected chi connectivity index (χ2v) is 9.87. The molecule has 2 amide bonds. The fourth-order valence-corrected chi connectivity index (χ4v) is 3.84. The molecule has 0 saturated carbocycles. The first-order valence-corrected chi connectivity index (χ1v) is 11.9. The third kappa shape index (κ3) is 8.19. The molecule has 0 spiro atoms. The smallest absolute Gasteiger partial charge is 0.408 e. The number of carboxylic acids is 1. The van der Waals surface area contributed by atoms with Crippen molar-refractivity contribution in [2.45, 2.75) is 50.2 Å². The van der Waals surface area contributed by atoms with Crippen LogP contribution in [0.3, 0.4) is 0 Å². The zero-order valence-electron chi connectivity index (χ0n) is 19.1. The average Bonchev–Trinajstić information content (AvgIpc) is 2.71. The minimum atomic E-state index is -4.38. The highest BCUT2D eigenvalue weighted by Crippen LogP contribution is 2.28. The number of ether oxygens (including phenoxy) is 1. The number of hydrogen-bond acceptors (Lipinski definition) is 7. The Morgan fingerprint density at radius 1 is 1.03 bits per heavy atom. The lowest BCUT2D eigenvalue weighted by Gasteiger charge is -2.21. The predicted octanol–water partition coefficient (Wildman–Crippen LogP) is 2.37. The van der Waals surface area contributed by atoms with Crippen LogP contribution >= 0.6 is 0 Å². The minimum absolute atomic E-state index is 0.116. The molecule has 2 aromatic rings. The lowest BCUT2D eigenvalue weighted by molar-refractivity contribution is -0.139. The summed E-state index contributed by atoms with van der Waals surface area (Å²) in [6.45, 7) is 5.46. The van der Waals surface area contributed by atoms with Crippen molar-refractivity contribution in [3.8, 4) is 0 Å². The number of carbonyl (C=O) groups excluding carboxylic acids is 2. The number of carboxylic acid groups (broad SMARTS) is 1. The molecule has 2 rings (SSSR count). The van der Waals surface area contributed by atoms with Gasteiger partial charge in [-0.05, 0) is 39.3 Å². The van der Waals surface area contributed by atoms with Crippen LogP contribution in [0.2, 0.25) is 0 Å². The standard InChI is InChI=1S/C22H29N3O8S/c1-22(2,3)33-21(29)25-17(20(27)28)10-11-19(26)24-13-12-23-16-8-4-7-15-14(16)6-5-9-18(15)34(30,31)32/h4-9,17,23H,10-13H2,1-3H3,(H,24,26)(H,25,29)(H,27,28)(H,30,31,32). The molecule has 0 aromatic heterocycles. The van der Waals surface area contributed by atoms with Gasteiger partial charge >= 0.3 is 12.1 Å². The van der Waals surface area contributed by atoms with Gasteiger partial charge in [0.1, 0.15) is 16.5 Å². The summed E-state index contributed by atoms with van der Waals surface area (Å²) in [5, 5.41) is 18.2. The molecule has 0 fully saturated rings. The van der Waals surface area contributed by atoms with Gasteiger partial charge in [0.25, 0.3) is 10.1 Å². The molecule has 0 radical (unpaired) electrons. The molecule has 34 heavy (non-hydrogen) atoms. The van der Waals surface area contributed by atoms with Crippen LogP contribution in [0.25, 0.3) is 10.8 Å². The fraction of sp³-hybridized carbons (Fsp3) is 0.409. The second-order valence-electron chi connectivity index (χ2n) is 8.48. The van der Waals surface area contributed by atoms with Crippen LogP contribution in [0.1, 0.15) is 33.6 Å². The fourth-order valence-electron chi connectivity index (χ4n) is 3.13. The molecule has 0 aliphatic carbocycles. The van der Waals surface area contributed by atoms with E-state index < -0.39 is 39.7 Å². The number of fused-ring (bicyclic) bond motifs is 1. The largest absolute Gasteiger partial charge is 0.480 e. The molecular weight excluding hydrogens is 466 g/mol. The van der Waals surface area contributed by atoms with Gasteiger partial charge in [0, 0.05) is 36.0 Å². The van der Waals surface area contributed by atoms with Crippen LogP contribution in [0, 0.1) is 0 Å². The van der Waals surface area contributed by atoms with E-state index in [4.69, 9.17) is 4.74 Å². The topological polar surface area (TPSA) is 171 Å². The molecular formula is C22H29N3O8S. The third-order valence-corrected chi connectivity index (χ3v) is 5.48. The van der Waals surface area contributed by atoms with Crippen molar-refractivity contribution in [1.29, 1.82) is 0 Å². The van der Waals surface area contributed by atoms with Crippen LogP contribution in [0.15, 0.2) is 41.3 Å². The third-order valence-electron chi connectivity index (χ3n) is 4.57. The van der Waals surface area contributed by atoms with Gasteiger partial charge in [-0.15, -0.1) is 0 Å². The zero-order chi connectivity index (χ0) is 25.5. The Balaban J connectivity index is 1.86. The molecule has 0 heterocycles. The van der Waals surface area contributed by atoms with Crippen molar-refractivity contribution in [3.63, 3.8) is 0 Å². The lowest BCUT2D eigenvalue weighted by Crippen LogP contribution is -2.44. The SMILES string of the molecule is CC(C)(C)OC(=O)NC(CCC(=O)NCCNc1cccc2c(S(=O)(=O)O)cccc12)C(=O)O. The van der Waals surface area contributed by atoms with Crippen LogP contribution in [-0.2, 0) is 24.4 Å². The summed E-state index contributed by atoms with van der Waals surface area (Å²) in [7, 11) is -4.38. The summed E-state index contributed by atoms with van der Waals surface area (Å²) in [6.07, 6.45) is -1.12. The van der Waals surface area contributed by atoms with Gasteiger partial charge < -0.3 is 25.8 Å². The van der Waals surface area contributed by atoms with Crippen molar-refractivity contribution in [3.05, 3.63) is 36.4 Å². The number of alkyl carbamates (subject to hydrolysis) is 1. The maximum atomic E-state index is 12.1. The summed E-state index contributed by atoms with van der Waals surface area (Å²) >= 11 is 0. The van der Waals surface area contributed by atoms with E-state index in [0.29, 0.717) is 23.0 Å². The van der Waals surface area contributed by atoms with Gasteiger partial charge in [0.15, 0.2) is 0 Å². The molecule has 186 valence electrons. The molecule has 1 atom stereocenters. The van der Waals surface area contributed by atoms with E-state index in [1.807, 2.05) is 0 Å². The first-order chi connectivity index (χ1) is 15.8. The van der Waals surface area contributed by atoms with E-state index in [1.165, 1.54) is 12.1 Å². The van der Waals surface area contributed by atoms with Gasteiger partial charge in [-0.25, -0.2) is 9.59 Å². The summed E-state index contributed by atoms with van der Waals surface area (Å²) in [5.74, 6) is -1.67. The molecule has 1 unspecified atom stereocenters. The van der Waals surface area contributed by atoms with Crippen LogP contribution in [0.5, 0.6) is 0 Å². The molecule has 0 aliphatic heterocycles. The van der Waals surface area contributed by atoms with E-state index in [9.17, 15) is 32.5 Å². The Hall–Kier alpha value is -3.38. The average molecular weight is 496 g/mol. The Kier molecular flexibility index (Phi) is 8.82. The number of amides is 2. The number of benzene rings is 2. The second kappa shape index (κ2) is 11.2. The van der Waals surface area contributed by atoms with Crippen molar-refractivity contribution < 1.29 is 37.2 Å². The first kappa shape index (κ1) is 26.9. The maximum Gasteiger partial charge on any atom is 0.408 e. The molecule has 12 heteroatoms. The lowest BCUT2D eigenvalue weighted by atomic mass is 10.1. The van der Waals surface area contributed by atoms with E-state index in [-0.39, 0.29) is 24.3 Å². The Labute approximate surface area is 197 Å². The maximum absolute atomic E-state index is 12.1. The van der Waals surface area contributed by atoms with Crippen LogP contribution in [0.4, 0.5) is 10.5 Å². The quantitative estimate of drug-likeness (QED) is 0.245. The van der Waals surface area contributed by atoms with E-state index >= 15 is 0 Å². The first-order valence-electron chi connectivity index (χ1n) is 10.5. The highest BCUT2D eigenvalue weighted by Gasteiger charge is 2.24. The van der Waals surface area contributed by atoms with Crippen molar-refractivity contribution in [1.82, 2.24) is 10.6 Å². The van der Waals surface area contributed by atoms with Gasteiger partial charge in [-0.2, -0.15) is 8.42 Å². The summed E-state index contributed by atoms with van der Waals surface area (Å²) < 4.78 is 37.6. The normalized spacial score (nSPS) is 12.6. The Morgan fingerprint density at radius 3 is 2.29 bits per heavy atom. The van der Waals surface area contributed by atoms with Gasteiger partial charge in [-0.1, -0.05) is 24.3 Å². The van der Waals surface area contributed by atoms with Crippen molar-refractivity contribution in [2.24, 2.45) is 0 Å². The van der Waals surface area contributed by atoms with E-state index in [1.54, 1.807) is 45.0 Å². The number of anilines is 1. The zero-order valence-corrected chi connectivity index (χ0v) is 19.9. The van der Waals surface area contributed by atoms with Gasteiger partial charge in [0.05, 0.1) is 0 Å². The Bertz CT molecular complexity index is 1160. The number of nitrogens with one attached hydrogen (secondary N) is 3. The number of rotatable bonds is 10. The number of aliphatic carboxylic acids is 1. The molecule has 2 aromatic carbocycles.